The zero-order valence-electron chi connectivity index (χ0n) is 12.1. The number of amides is 1. The van der Waals surface area contributed by atoms with Gasteiger partial charge in [0.15, 0.2) is 0 Å². The Balaban J connectivity index is 2.27. The molecule has 1 heterocycles. The number of aromatic nitrogens is 1. The van der Waals surface area contributed by atoms with E-state index in [2.05, 4.69) is 4.98 Å². The third kappa shape index (κ3) is 2.66. The van der Waals surface area contributed by atoms with Crippen LogP contribution in [0.25, 0.3) is 0 Å². The monoisotopic (exact) mass is 276 g/mol. The van der Waals surface area contributed by atoms with E-state index in [-0.39, 0.29) is 17.5 Å². The van der Waals surface area contributed by atoms with Crippen molar-refractivity contribution in [2.45, 2.75) is 52.1 Å². The summed E-state index contributed by atoms with van der Waals surface area (Å²) in [4.78, 5) is 29.6. The second-order valence-corrected chi connectivity index (χ2v) is 5.53. The normalized spacial score (nSPS) is 15.0. The number of nitrogens with zero attached hydrogens (tertiary/aromatic N) is 2. The first kappa shape index (κ1) is 14.5. The van der Waals surface area contributed by atoms with Gasteiger partial charge in [-0.05, 0) is 52.2 Å². The van der Waals surface area contributed by atoms with Gasteiger partial charge in [-0.2, -0.15) is 0 Å². The Morgan fingerprint density at radius 1 is 1.35 bits per heavy atom. The Bertz CT molecular complexity index is 536. The van der Waals surface area contributed by atoms with E-state index < -0.39 is 5.97 Å². The van der Waals surface area contributed by atoms with Gasteiger partial charge in [0.2, 0.25) is 0 Å². The number of aryl methyl sites for hydroxylation is 1. The fraction of sp³-hybridized carbons (Fsp3) is 0.533. The van der Waals surface area contributed by atoms with Crippen LogP contribution in [0.4, 0.5) is 0 Å². The molecule has 0 aliphatic heterocycles. The first-order valence-electron chi connectivity index (χ1n) is 6.95. The molecule has 5 nitrogen and oxygen atoms in total. The Kier molecular flexibility index (Phi) is 4.06. The summed E-state index contributed by atoms with van der Waals surface area (Å²) in [5.74, 6) is -1.13. The number of carbonyl (C=O) groups excluding carboxylic acids is 1. The number of carboxylic acid groups (broad SMARTS) is 1. The molecular formula is C15H20N2O3. The molecule has 1 aromatic heterocycles. The Morgan fingerprint density at radius 3 is 2.40 bits per heavy atom. The van der Waals surface area contributed by atoms with Crippen molar-refractivity contribution >= 4 is 11.9 Å². The fourth-order valence-corrected chi connectivity index (χ4v) is 2.53. The van der Waals surface area contributed by atoms with Crippen molar-refractivity contribution in [3.63, 3.8) is 0 Å². The van der Waals surface area contributed by atoms with E-state index in [1.54, 1.807) is 6.92 Å². The van der Waals surface area contributed by atoms with Gasteiger partial charge in [-0.3, -0.25) is 4.79 Å². The number of carbonyl (C=O) groups is 2. The van der Waals surface area contributed by atoms with Crippen molar-refractivity contribution < 1.29 is 14.7 Å². The van der Waals surface area contributed by atoms with E-state index in [4.69, 9.17) is 5.11 Å². The highest BCUT2D eigenvalue weighted by Crippen LogP contribution is 2.27. The third-order valence-electron chi connectivity index (χ3n) is 3.79. The van der Waals surface area contributed by atoms with Crippen LogP contribution in [0, 0.1) is 6.92 Å². The maximum Gasteiger partial charge on any atom is 0.337 e. The molecule has 1 amide bonds. The predicted molar refractivity (Wildman–Crippen MR) is 74.9 cm³/mol. The smallest absolute Gasteiger partial charge is 0.337 e. The van der Waals surface area contributed by atoms with Gasteiger partial charge in [-0.15, -0.1) is 0 Å². The van der Waals surface area contributed by atoms with Gasteiger partial charge in [0.1, 0.15) is 5.69 Å². The average molecular weight is 276 g/mol. The van der Waals surface area contributed by atoms with Crippen LogP contribution in [0.5, 0.6) is 0 Å². The second kappa shape index (κ2) is 5.61. The SMILES string of the molecule is Cc1nc(C(=O)N(C(C)C)C2CCC2)ccc1C(=O)O. The first-order valence-corrected chi connectivity index (χ1v) is 6.95. The van der Waals surface area contributed by atoms with Crippen LogP contribution in [-0.4, -0.2) is 39.0 Å². The van der Waals surface area contributed by atoms with Crippen LogP contribution >= 0.6 is 0 Å². The number of hydrogen-bond acceptors (Lipinski definition) is 3. The molecule has 0 atom stereocenters. The van der Waals surface area contributed by atoms with Crippen LogP contribution < -0.4 is 0 Å². The van der Waals surface area contributed by atoms with Crippen LogP contribution in [-0.2, 0) is 0 Å². The molecule has 1 N–H and O–H groups in total. The molecule has 0 unspecified atom stereocenters. The van der Waals surface area contributed by atoms with E-state index in [9.17, 15) is 9.59 Å². The summed E-state index contributed by atoms with van der Waals surface area (Å²) in [6.45, 7) is 5.60. The molecule has 108 valence electrons. The number of pyridine rings is 1. The third-order valence-corrected chi connectivity index (χ3v) is 3.79. The van der Waals surface area contributed by atoms with E-state index >= 15 is 0 Å². The molecule has 1 aliphatic carbocycles. The van der Waals surface area contributed by atoms with Crippen LogP contribution in [0.3, 0.4) is 0 Å². The Labute approximate surface area is 118 Å². The standard InChI is InChI=1S/C15H20N2O3/c1-9(2)17(11-5-4-6-11)14(18)13-8-7-12(15(19)20)10(3)16-13/h7-9,11H,4-6H2,1-3H3,(H,19,20). The minimum atomic E-state index is -1.02. The quantitative estimate of drug-likeness (QED) is 0.917. The Hall–Kier alpha value is -1.91. The van der Waals surface area contributed by atoms with Crippen LogP contribution in [0.1, 0.15) is 59.7 Å². The summed E-state index contributed by atoms with van der Waals surface area (Å²) >= 11 is 0. The highest BCUT2D eigenvalue weighted by atomic mass is 16.4. The van der Waals surface area contributed by atoms with Crippen LogP contribution in [0.2, 0.25) is 0 Å². The van der Waals surface area contributed by atoms with Crippen molar-refractivity contribution in [1.29, 1.82) is 0 Å². The van der Waals surface area contributed by atoms with E-state index in [0.29, 0.717) is 17.4 Å². The summed E-state index contributed by atoms with van der Waals surface area (Å²) < 4.78 is 0. The summed E-state index contributed by atoms with van der Waals surface area (Å²) in [6.07, 6.45) is 3.23. The highest BCUT2D eigenvalue weighted by Gasteiger charge is 2.32. The summed E-state index contributed by atoms with van der Waals surface area (Å²) in [7, 11) is 0. The van der Waals surface area contributed by atoms with Crippen molar-refractivity contribution in [2.75, 3.05) is 0 Å². The van der Waals surface area contributed by atoms with Crippen molar-refractivity contribution in [3.8, 4) is 0 Å². The number of carboxylic acids is 1. The molecular weight excluding hydrogens is 256 g/mol. The lowest BCUT2D eigenvalue weighted by atomic mass is 9.90. The largest absolute Gasteiger partial charge is 0.478 e. The number of hydrogen-bond donors (Lipinski definition) is 1. The first-order chi connectivity index (χ1) is 9.41. The van der Waals surface area contributed by atoms with E-state index in [0.717, 1.165) is 19.3 Å². The van der Waals surface area contributed by atoms with E-state index in [1.165, 1.54) is 12.1 Å². The van der Waals surface area contributed by atoms with Gasteiger partial charge >= 0.3 is 5.97 Å². The molecule has 1 aliphatic rings. The predicted octanol–water partition coefficient (Wildman–Crippen LogP) is 2.49. The van der Waals surface area contributed by atoms with Crippen molar-refractivity contribution in [3.05, 3.63) is 29.1 Å². The van der Waals surface area contributed by atoms with Crippen molar-refractivity contribution in [2.24, 2.45) is 0 Å². The van der Waals surface area contributed by atoms with Gasteiger partial charge in [-0.1, -0.05) is 0 Å². The zero-order valence-corrected chi connectivity index (χ0v) is 12.1. The molecule has 2 rings (SSSR count). The van der Waals surface area contributed by atoms with Gasteiger partial charge in [0, 0.05) is 12.1 Å². The summed E-state index contributed by atoms with van der Waals surface area (Å²) in [5.41, 5.74) is 0.843. The molecule has 0 saturated heterocycles. The molecule has 1 fully saturated rings. The number of rotatable bonds is 4. The zero-order chi connectivity index (χ0) is 14.9. The van der Waals surface area contributed by atoms with E-state index in [1.807, 2.05) is 18.7 Å². The van der Waals surface area contributed by atoms with Gasteiger partial charge < -0.3 is 10.0 Å². The summed E-state index contributed by atoms with van der Waals surface area (Å²) in [5, 5.41) is 8.99. The fourth-order valence-electron chi connectivity index (χ4n) is 2.53. The van der Waals surface area contributed by atoms with Crippen LogP contribution in [0.15, 0.2) is 12.1 Å². The molecule has 1 saturated carbocycles. The summed E-state index contributed by atoms with van der Waals surface area (Å²) in [6, 6.07) is 3.38. The highest BCUT2D eigenvalue weighted by molar-refractivity contribution is 5.94. The molecule has 0 spiro atoms. The number of aromatic carboxylic acids is 1. The maximum atomic E-state index is 12.6. The average Bonchev–Trinajstić information content (AvgIpc) is 2.31. The van der Waals surface area contributed by atoms with Gasteiger partial charge in [0.25, 0.3) is 5.91 Å². The molecule has 20 heavy (non-hydrogen) atoms. The molecule has 0 radical (unpaired) electrons. The second-order valence-electron chi connectivity index (χ2n) is 5.53. The van der Waals surface area contributed by atoms with Crippen molar-refractivity contribution in [1.82, 2.24) is 9.88 Å². The maximum absolute atomic E-state index is 12.6. The molecule has 0 bridgehead atoms. The molecule has 1 aromatic rings. The topological polar surface area (TPSA) is 70.5 Å². The lowest BCUT2D eigenvalue weighted by Crippen LogP contribution is -2.48. The van der Waals surface area contributed by atoms with Gasteiger partial charge in [-0.25, -0.2) is 9.78 Å². The minimum absolute atomic E-state index is 0.107. The molecule has 0 aromatic carbocycles. The minimum Gasteiger partial charge on any atom is -0.478 e. The van der Waals surface area contributed by atoms with Gasteiger partial charge in [0.05, 0.1) is 11.3 Å². The lowest BCUT2D eigenvalue weighted by molar-refractivity contribution is 0.0481. The Morgan fingerprint density at radius 2 is 2.00 bits per heavy atom. The lowest BCUT2D eigenvalue weighted by Gasteiger charge is -2.40. The molecule has 5 heteroatoms.